The topological polar surface area (TPSA) is 26.3 Å². The number of fused-ring (bicyclic) bond motifs is 1. The SMILES string of the molecule is CC1CCC(C(=O)c2ccc3c(c2)COC3)CC1C. The van der Waals surface area contributed by atoms with Gasteiger partial charge in [-0.1, -0.05) is 26.0 Å². The summed E-state index contributed by atoms with van der Waals surface area (Å²) in [6.07, 6.45) is 3.29. The molecule has 1 aliphatic carbocycles. The number of Topliss-reactive ketones (excluding diaryl/α,β-unsaturated/α-hetero) is 1. The first-order valence-corrected chi connectivity index (χ1v) is 7.39. The summed E-state index contributed by atoms with van der Waals surface area (Å²) >= 11 is 0. The summed E-state index contributed by atoms with van der Waals surface area (Å²) in [7, 11) is 0. The summed E-state index contributed by atoms with van der Waals surface area (Å²) in [6, 6.07) is 6.09. The Morgan fingerprint density at radius 1 is 1.11 bits per heavy atom. The van der Waals surface area contributed by atoms with E-state index in [9.17, 15) is 4.79 Å². The first-order valence-electron chi connectivity index (χ1n) is 7.39. The van der Waals surface area contributed by atoms with Gasteiger partial charge < -0.3 is 4.74 Å². The minimum Gasteiger partial charge on any atom is -0.372 e. The van der Waals surface area contributed by atoms with Crippen LogP contribution in [0.5, 0.6) is 0 Å². The lowest BCUT2D eigenvalue weighted by Crippen LogP contribution is -2.26. The van der Waals surface area contributed by atoms with Crippen molar-refractivity contribution in [1.82, 2.24) is 0 Å². The second kappa shape index (κ2) is 5.09. The molecule has 3 rings (SSSR count). The molecule has 0 aromatic heterocycles. The zero-order valence-corrected chi connectivity index (χ0v) is 11.8. The number of hydrogen-bond donors (Lipinski definition) is 0. The van der Waals surface area contributed by atoms with Gasteiger partial charge >= 0.3 is 0 Å². The van der Waals surface area contributed by atoms with Gasteiger partial charge in [-0.05, 0) is 48.3 Å². The molecule has 2 nitrogen and oxygen atoms in total. The van der Waals surface area contributed by atoms with Gasteiger partial charge in [-0.15, -0.1) is 0 Å². The number of carbonyl (C=O) groups is 1. The van der Waals surface area contributed by atoms with Crippen LogP contribution in [0.3, 0.4) is 0 Å². The molecule has 3 unspecified atom stereocenters. The molecule has 0 radical (unpaired) electrons. The van der Waals surface area contributed by atoms with Crippen molar-refractivity contribution in [1.29, 1.82) is 0 Å². The molecular weight excluding hydrogens is 236 g/mol. The number of benzene rings is 1. The second-order valence-corrected chi connectivity index (χ2v) is 6.31. The van der Waals surface area contributed by atoms with Gasteiger partial charge in [-0.25, -0.2) is 0 Å². The lowest BCUT2D eigenvalue weighted by Gasteiger charge is -2.31. The molecule has 0 spiro atoms. The predicted molar refractivity (Wildman–Crippen MR) is 74.9 cm³/mol. The van der Waals surface area contributed by atoms with Crippen molar-refractivity contribution in [2.24, 2.45) is 17.8 Å². The highest BCUT2D eigenvalue weighted by molar-refractivity contribution is 5.98. The van der Waals surface area contributed by atoms with Crippen LogP contribution >= 0.6 is 0 Å². The van der Waals surface area contributed by atoms with Gasteiger partial charge in [0.15, 0.2) is 5.78 Å². The van der Waals surface area contributed by atoms with E-state index in [0.717, 1.165) is 24.3 Å². The van der Waals surface area contributed by atoms with Crippen LogP contribution in [0.2, 0.25) is 0 Å². The first-order chi connectivity index (χ1) is 9.15. The third-order valence-corrected chi connectivity index (χ3v) is 4.97. The zero-order valence-electron chi connectivity index (χ0n) is 11.8. The molecule has 1 heterocycles. The average Bonchev–Trinajstić information content (AvgIpc) is 2.88. The quantitative estimate of drug-likeness (QED) is 0.750. The lowest BCUT2D eigenvalue weighted by molar-refractivity contribution is 0.0837. The standard InChI is InChI=1S/C17H22O2/c1-11-3-4-13(7-12(11)2)17(18)14-5-6-15-9-19-10-16(15)8-14/h5-6,8,11-13H,3-4,7,9-10H2,1-2H3. The molecule has 102 valence electrons. The Kier molecular flexibility index (Phi) is 3.44. The summed E-state index contributed by atoms with van der Waals surface area (Å²) in [5.74, 6) is 2.00. The number of ether oxygens (including phenoxy) is 1. The Bertz CT molecular complexity index is 492. The van der Waals surface area contributed by atoms with Crippen molar-refractivity contribution < 1.29 is 9.53 Å². The van der Waals surface area contributed by atoms with E-state index in [4.69, 9.17) is 4.74 Å². The van der Waals surface area contributed by atoms with Gasteiger partial charge in [0.1, 0.15) is 0 Å². The molecule has 2 heteroatoms. The Hall–Kier alpha value is -1.15. The highest BCUT2D eigenvalue weighted by Gasteiger charge is 2.30. The molecule has 0 amide bonds. The maximum atomic E-state index is 12.6. The lowest BCUT2D eigenvalue weighted by atomic mass is 9.73. The van der Waals surface area contributed by atoms with Gasteiger partial charge in [-0.2, -0.15) is 0 Å². The Morgan fingerprint density at radius 2 is 1.89 bits per heavy atom. The fourth-order valence-electron chi connectivity index (χ4n) is 3.35. The van der Waals surface area contributed by atoms with E-state index in [-0.39, 0.29) is 5.92 Å². The fraction of sp³-hybridized carbons (Fsp3) is 0.588. The zero-order chi connectivity index (χ0) is 13.4. The van der Waals surface area contributed by atoms with Gasteiger partial charge in [0.2, 0.25) is 0 Å². The molecule has 0 saturated heterocycles. The minimum atomic E-state index is 0.228. The van der Waals surface area contributed by atoms with Crippen LogP contribution in [0.25, 0.3) is 0 Å². The number of rotatable bonds is 2. The van der Waals surface area contributed by atoms with Crippen LogP contribution in [0.4, 0.5) is 0 Å². The largest absolute Gasteiger partial charge is 0.372 e. The van der Waals surface area contributed by atoms with Crippen LogP contribution in [0.1, 0.15) is 54.6 Å². The number of ketones is 1. The van der Waals surface area contributed by atoms with Crippen molar-refractivity contribution in [3.05, 3.63) is 34.9 Å². The van der Waals surface area contributed by atoms with Crippen LogP contribution in [0.15, 0.2) is 18.2 Å². The molecule has 1 aromatic rings. The van der Waals surface area contributed by atoms with E-state index >= 15 is 0 Å². The first kappa shape index (κ1) is 12.9. The van der Waals surface area contributed by atoms with Gasteiger partial charge in [-0.3, -0.25) is 4.79 Å². The van der Waals surface area contributed by atoms with Crippen LogP contribution in [-0.4, -0.2) is 5.78 Å². The third kappa shape index (κ3) is 2.46. The van der Waals surface area contributed by atoms with Crippen molar-refractivity contribution in [3.8, 4) is 0 Å². The summed E-state index contributed by atoms with van der Waals surface area (Å²) in [4.78, 5) is 12.6. The third-order valence-electron chi connectivity index (χ3n) is 4.97. The molecular formula is C17H22O2. The van der Waals surface area contributed by atoms with Crippen LogP contribution in [0, 0.1) is 17.8 Å². The summed E-state index contributed by atoms with van der Waals surface area (Å²) in [5, 5.41) is 0. The van der Waals surface area contributed by atoms with Crippen molar-refractivity contribution in [2.75, 3.05) is 0 Å². The molecule has 2 aliphatic rings. The summed E-state index contributed by atoms with van der Waals surface area (Å²) < 4.78 is 5.41. The molecule has 1 saturated carbocycles. The second-order valence-electron chi connectivity index (χ2n) is 6.31. The molecule has 19 heavy (non-hydrogen) atoms. The minimum absolute atomic E-state index is 0.228. The van der Waals surface area contributed by atoms with Crippen LogP contribution < -0.4 is 0 Å². The van der Waals surface area contributed by atoms with Crippen LogP contribution in [-0.2, 0) is 18.0 Å². The average molecular weight is 258 g/mol. The van der Waals surface area contributed by atoms with E-state index in [1.165, 1.54) is 17.5 Å². The van der Waals surface area contributed by atoms with E-state index in [2.05, 4.69) is 19.9 Å². The number of hydrogen-bond acceptors (Lipinski definition) is 2. The van der Waals surface area contributed by atoms with Crippen molar-refractivity contribution in [2.45, 2.75) is 46.3 Å². The Morgan fingerprint density at radius 3 is 2.68 bits per heavy atom. The van der Waals surface area contributed by atoms with E-state index in [0.29, 0.717) is 24.9 Å². The maximum Gasteiger partial charge on any atom is 0.165 e. The molecule has 0 bridgehead atoms. The van der Waals surface area contributed by atoms with E-state index in [1.807, 2.05) is 12.1 Å². The van der Waals surface area contributed by atoms with Gasteiger partial charge in [0, 0.05) is 11.5 Å². The monoisotopic (exact) mass is 258 g/mol. The van der Waals surface area contributed by atoms with E-state index < -0.39 is 0 Å². The molecule has 1 aromatic carbocycles. The normalized spacial score (nSPS) is 30.1. The van der Waals surface area contributed by atoms with Gasteiger partial charge in [0.25, 0.3) is 0 Å². The molecule has 3 atom stereocenters. The molecule has 0 N–H and O–H groups in total. The van der Waals surface area contributed by atoms with Gasteiger partial charge in [0.05, 0.1) is 13.2 Å². The fourth-order valence-corrected chi connectivity index (χ4v) is 3.35. The summed E-state index contributed by atoms with van der Waals surface area (Å²) in [5.41, 5.74) is 3.32. The Balaban J connectivity index is 1.77. The van der Waals surface area contributed by atoms with E-state index in [1.54, 1.807) is 0 Å². The Labute approximate surface area is 115 Å². The predicted octanol–water partition coefficient (Wildman–Crippen LogP) is 3.97. The highest BCUT2D eigenvalue weighted by atomic mass is 16.5. The number of carbonyl (C=O) groups excluding carboxylic acids is 1. The smallest absolute Gasteiger partial charge is 0.165 e. The van der Waals surface area contributed by atoms with Crippen molar-refractivity contribution in [3.63, 3.8) is 0 Å². The summed E-state index contributed by atoms with van der Waals surface area (Å²) in [6.45, 7) is 5.94. The molecule has 1 aliphatic heterocycles. The highest BCUT2D eigenvalue weighted by Crippen LogP contribution is 2.35. The van der Waals surface area contributed by atoms with Crippen molar-refractivity contribution >= 4 is 5.78 Å². The maximum absolute atomic E-state index is 12.6. The molecule has 1 fully saturated rings.